The summed E-state index contributed by atoms with van der Waals surface area (Å²) < 4.78 is 15.9. The molecule has 1 N–H and O–H groups in total. The Morgan fingerprint density at radius 2 is 1.88 bits per heavy atom. The number of esters is 2. The molecule has 1 aliphatic carbocycles. The molecule has 0 radical (unpaired) electrons. The summed E-state index contributed by atoms with van der Waals surface area (Å²) in [6.45, 7) is 5.57. The lowest BCUT2D eigenvalue weighted by Crippen LogP contribution is -2.14. The van der Waals surface area contributed by atoms with Crippen LogP contribution in [-0.4, -0.2) is 23.3 Å². The summed E-state index contributed by atoms with van der Waals surface area (Å²) in [5.41, 5.74) is 4.45. The fourth-order valence-electron chi connectivity index (χ4n) is 3.66. The predicted molar refractivity (Wildman–Crippen MR) is 86.0 cm³/mol. The molecule has 2 heterocycles. The van der Waals surface area contributed by atoms with Crippen molar-refractivity contribution < 1.29 is 28.9 Å². The van der Waals surface area contributed by atoms with Crippen LogP contribution in [0.2, 0.25) is 0 Å². The first-order valence-corrected chi connectivity index (χ1v) is 8.12. The number of aliphatic hydroxyl groups excluding tert-OH is 1. The molecule has 4 atom stereocenters. The number of carbonyl (C=O) groups excluding carboxylic acids is 2. The minimum atomic E-state index is -0.864. The number of aryl methyl sites for hydroxylation is 1. The summed E-state index contributed by atoms with van der Waals surface area (Å²) in [5, 5.41) is 10.7. The standard InChI is InChI=1S/C19H18O6/c1-8-4-5-11-14(10(8)3)17-15(16(11)20)12(19(22)25-17)7-23-13-6-9(2)18(21)24-13/h4-7,13,15-17,20H,1-3H3/t13?,15-,16+,17+/m0/s1. The Morgan fingerprint density at radius 3 is 2.56 bits per heavy atom. The SMILES string of the molecule is CC1=CC(OC=C2C(=O)O[C@@H]3c4c(ccc(C)c4C)[C@@H](O)[C@H]23)OC1=O. The Kier molecular flexibility index (Phi) is 3.47. The zero-order valence-corrected chi connectivity index (χ0v) is 14.1. The Labute approximate surface area is 144 Å². The van der Waals surface area contributed by atoms with Gasteiger partial charge in [-0.25, -0.2) is 9.59 Å². The molecular formula is C19H18O6. The highest BCUT2D eigenvalue weighted by atomic mass is 16.7. The number of hydrogen-bond acceptors (Lipinski definition) is 6. The van der Waals surface area contributed by atoms with Crippen molar-refractivity contribution in [1.29, 1.82) is 0 Å². The maximum Gasteiger partial charge on any atom is 0.338 e. The van der Waals surface area contributed by atoms with Crippen LogP contribution in [0.3, 0.4) is 0 Å². The van der Waals surface area contributed by atoms with Crippen molar-refractivity contribution in [3.05, 3.63) is 57.9 Å². The van der Waals surface area contributed by atoms with Gasteiger partial charge < -0.3 is 19.3 Å². The number of hydrogen-bond donors (Lipinski definition) is 1. The molecule has 0 spiro atoms. The van der Waals surface area contributed by atoms with Gasteiger partial charge in [-0.15, -0.1) is 0 Å². The molecule has 1 aromatic carbocycles. The molecule has 130 valence electrons. The van der Waals surface area contributed by atoms with Crippen LogP contribution in [0.4, 0.5) is 0 Å². The first kappa shape index (κ1) is 15.9. The number of carbonyl (C=O) groups is 2. The summed E-state index contributed by atoms with van der Waals surface area (Å²) in [6, 6.07) is 3.82. The van der Waals surface area contributed by atoms with Gasteiger partial charge >= 0.3 is 11.9 Å². The summed E-state index contributed by atoms with van der Waals surface area (Å²) in [7, 11) is 0. The lowest BCUT2D eigenvalue weighted by atomic mass is 9.95. The second-order valence-corrected chi connectivity index (χ2v) is 6.64. The van der Waals surface area contributed by atoms with Gasteiger partial charge in [0.2, 0.25) is 0 Å². The number of aliphatic hydroxyl groups is 1. The number of cyclic esters (lactones) is 1. The first-order chi connectivity index (χ1) is 11.9. The smallest absolute Gasteiger partial charge is 0.338 e. The molecule has 1 fully saturated rings. The van der Waals surface area contributed by atoms with E-state index in [0.717, 1.165) is 22.3 Å². The quantitative estimate of drug-likeness (QED) is 0.504. The molecule has 1 aromatic rings. The summed E-state index contributed by atoms with van der Waals surface area (Å²) >= 11 is 0. The number of benzene rings is 1. The largest absolute Gasteiger partial charge is 0.458 e. The van der Waals surface area contributed by atoms with Gasteiger partial charge in [0.25, 0.3) is 6.29 Å². The van der Waals surface area contributed by atoms with E-state index in [1.807, 2.05) is 26.0 Å². The van der Waals surface area contributed by atoms with E-state index in [-0.39, 0.29) is 5.57 Å². The van der Waals surface area contributed by atoms with Gasteiger partial charge in [0.05, 0.1) is 23.9 Å². The molecule has 1 saturated heterocycles. The lowest BCUT2D eigenvalue weighted by Gasteiger charge is -2.13. The first-order valence-electron chi connectivity index (χ1n) is 8.12. The third-order valence-electron chi connectivity index (χ3n) is 5.18. The number of ether oxygens (including phenoxy) is 3. The maximum atomic E-state index is 12.3. The molecular weight excluding hydrogens is 324 g/mol. The van der Waals surface area contributed by atoms with Crippen molar-refractivity contribution >= 4 is 11.9 Å². The second-order valence-electron chi connectivity index (χ2n) is 6.64. The zero-order chi connectivity index (χ0) is 17.9. The van der Waals surface area contributed by atoms with Crippen molar-refractivity contribution in [2.75, 3.05) is 0 Å². The van der Waals surface area contributed by atoms with Gasteiger partial charge in [-0.05, 0) is 37.5 Å². The predicted octanol–water partition coefficient (Wildman–Crippen LogP) is 2.29. The second kappa shape index (κ2) is 5.46. The van der Waals surface area contributed by atoms with Crippen molar-refractivity contribution in [2.45, 2.75) is 39.3 Å². The normalized spacial score (nSPS) is 31.5. The molecule has 0 saturated carbocycles. The molecule has 1 unspecified atom stereocenters. The molecule has 0 amide bonds. The third-order valence-corrected chi connectivity index (χ3v) is 5.18. The van der Waals surface area contributed by atoms with Crippen LogP contribution in [-0.2, 0) is 23.8 Å². The Morgan fingerprint density at radius 1 is 1.12 bits per heavy atom. The van der Waals surface area contributed by atoms with Crippen molar-refractivity contribution in [3.8, 4) is 0 Å². The summed E-state index contributed by atoms with van der Waals surface area (Å²) in [6.07, 6.45) is 0.554. The zero-order valence-electron chi connectivity index (χ0n) is 14.1. The fraction of sp³-hybridized carbons (Fsp3) is 0.368. The van der Waals surface area contributed by atoms with E-state index in [4.69, 9.17) is 14.2 Å². The highest BCUT2D eigenvalue weighted by molar-refractivity contribution is 5.92. The minimum absolute atomic E-state index is 0.250. The van der Waals surface area contributed by atoms with Crippen LogP contribution in [0.5, 0.6) is 0 Å². The Balaban J connectivity index is 1.65. The van der Waals surface area contributed by atoms with Crippen LogP contribution in [0.15, 0.2) is 35.6 Å². The van der Waals surface area contributed by atoms with E-state index in [1.54, 1.807) is 6.92 Å². The summed E-state index contributed by atoms with van der Waals surface area (Å²) in [5.74, 6) is -1.49. The molecule has 4 rings (SSSR count). The van der Waals surface area contributed by atoms with Crippen LogP contribution < -0.4 is 0 Å². The van der Waals surface area contributed by atoms with Crippen LogP contribution in [0.1, 0.15) is 41.4 Å². The Bertz CT molecular complexity index is 850. The van der Waals surface area contributed by atoms with E-state index in [2.05, 4.69) is 0 Å². The van der Waals surface area contributed by atoms with Gasteiger partial charge in [-0.1, -0.05) is 12.1 Å². The van der Waals surface area contributed by atoms with E-state index in [1.165, 1.54) is 12.3 Å². The molecule has 3 aliphatic rings. The van der Waals surface area contributed by atoms with Crippen molar-refractivity contribution in [3.63, 3.8) is 0 Å². The van der Waals surface area contributed by atoms with Crippen LogP contribution in [0, 0.1) is 19.8 Å². The van der Waals surface area contributed by atoms with Gasteiger partial charge in [0.15, 0.2) is 0 Å². The Hall–Kier alpha value is -2.60. The average molecular weight is 342 g/mol. The number of fused-ring (bicyclic) bond motifs is 3. The van der Waals surface area contributed by atoms with Crippen molar-refractivity contribution in [2.24, 2.45) is 5.92 Å². The lowest BCUT2D eigenvalue weighted by molar-refractivity contribution is -0.152. The molecule has 6 heteroatoms. The van der Waals surface area contributed by atoms with E-state index < -0.39 is 36.4 Å². The van der Waals surface area contributed by atoms with Crippen LogP contribution in [0.25, 0.3) is 0 Å². The monoisotopic (exact) mass is 342 g/mol. The van der Waals surface area contributed by atoms with Crippen LogP contribution >= 0.6 is 0 Å². The van der Waals surface area contributed by atoms with Gasteiger partial charge in [0.1, 0.15) is 6.10 Å². The molecule has 0 aromatic heterocycles. The van der Waals surface area contributed by atoms with E-state index >= 15 is 0 Å². The molecule has 2 aliphatic heterocycles. The minimum Gasteiger partial charge on any atom is -0.458 e. The maximum absolute atomic E-state index is 12.3. The topological polar surface area (TPSA) is 82.1 Å². The van der Waals surface area contributed by atoms with Crippen molar-refractivity contribution in [1.82, 2.24) is 0 Å². The fourth-order valence-corrected chi connectivity index (χ4v) is 3.66. The average Bonchev–Trinajstić information content (AvgIpc) is 3.15. The molecule has 25 heavy (non-hydrogen) atoms. The highest BCUT2D eigenvalue weighted by Gasteiger charge is 2.52. The van der Waals surface area contributed by atoms with E-state index in [0.29, 0.717) is 5.57 Å². The van der Waals surface area contributed by atoms with Gasteiger partial charge in [0, 0.05) is 17.2 Å². The molecule has 6 nitrogen and oxygen atoms in total. The van der Waals surface area contributed by atoms with Gasteiger partial charge in [-0.3, -0.25) is 0 Å². The third kappa shape index (κ3) is 2.28. The highest BCUT2D eigenvalue weighted by Crippen LogP contribution is 2.54. The molecule has 0 bridgehead atoms. The van der Waals surface area contributed by atoms with E-state index in [9.17, 15) is 14.7 Å². The summed E-state index contributed by atoms with van der Waals surface area (Å²) in [4.78, 5) is 23.6. The van der Waals surface area contributed by atoms with Gasteiger partial charge in [-0.2, -0.15) is 0 Å². The number of rotatable bonds is 2.